The number of nitrogens with one attached hydrogen (secondary N) is 1. The predicted molar refractivity (Wildman–Crippen MR) is 55.7 cm³/mol. The summed E-state index contributed by atoms with van der Waals surface area (Å²) in [7, 11) is 0. The summed E-state index contributed by atoms with van der Waals surface area (Å²) in [4.78, 5) is 0. The van der Waals surface area contributed by atoms with Gasteiger partial charge in [-0.3, -0.25) is 0 Å². The fourth-order valence-electron chi connectivity index (χ4n) is 2.21. The summed E-state index contributed by atoms with van der Waals surface area (Å²) >= 11 is 0. The van der Waals surface area contributed by atoms with Gasteiger partial charge in [-0.25, -0.2) is 0 Å². The van der Waals surface area contributed by atoms with Crippen molar-refractivity contribution in [2.24, 2.45) is 5.92 Å². The van der Waals surface area contributed by atoms with E-state index in [-0.39, 0.29) is 0 Å². The van der Waals surface area contributed by atoms with Crippen LogP contribution in [0.1, 0.15) is 46.0 Å². The van der Waals surface area contributed by atoms with E-state index in [1.807, 2.05) is 0 Å². The maximum atomic E-state index is 8.63. The minimum absolute atomic E-state index is 0.356. The van der Waals surface area contributed by atoms with Gasteiger partial charge in [0.05, 0.1) is 0 Å². The smallest absolute Gasteiger partial charge is 0.0431 e. The van der Waals surface area contributed by atoms with Gasteiger partial charge in [-0.1, -0.05) is 12.8 Å². The summed E-state index contributed by atoms with van der Waals surface area (Å²) in [6.45, 7) is 6.10. The molecule has 0 saturated carbocycles. The van der Waals surface area contributed by atoms with Crippen LogP contribution in [0.15, 0.2) is 0 Å². The number of aliphatic hydroxyl groups is 1. The molecule has 2 heteroatoms. The summed E-state index contributed by atoms with van der Waals surface area (Å²) in [6, 6.07) is 0. The zero-order valence-corrected chi connectivity index (χ0v) is 8.97. The lowest BCUT2D eigenvalue weighted by atomic mass is 9.93. The fraction of sp³-hybridized carbons (Fsp3) is 1.00. The molecule has 1 unspecified atom stereocenters. The monoisotopic (exact) mass is 185 g/mol. The highest BCUT2D eigenvalue weighted by molar-refractivity contribution is 4.88. The molecular weight excluding hydrogens is 162 g/mol. The van der Waals surface area contributed by atoms with Crippen LogP contribution in [0.5, 0.6) is 0 Å². The molecule has 1 atom stereocenters. The maximum absolute atomic E-state index is 8.63. The molecule has 0 aromatic carbocycles. The number of unbranched alkanes of at least 4 members (excludes halogenated alkanes) is 2. The Hall–Kier alpha value is -0.0800. The van der Waals surface area contributed by atoms with Crippen molar-refractivity contribution in [1.29, 1.82) is 0 Å². The minimum Gasteiger partial charge on any atom is -0.396 e. The summed E-state index contributed by atoms with van der Waals surface area (Å²) in [6.07, 6.45) is 6.09. The normalized spacial score (nSPS) is 26.5. The van der Waals surface area contributed by atoms with Crippen LogP contribution >= 0.6 is 0 Å². The maximum Gasteiger partial charge on any atom is 0.0431 e. The van der Waals surface area contributed by atoms with Crippen LogP contribution < -0.4 is 5.32 Å². The second kappa shape index (κ2) is 4.97. The first kappa shape index (κ1) is 11.0. The number of hydrogen-bond donors (Lipinski definition) is 2. The van der Waals surface area contributed by atoms with Crippen molar-refractivity contribution in [3.63, 3.8) is 0 Å². The molecule has 1 fully saturated rings. The minimum atomic E-state index is 0.356. The SMILES string of the molecule is CC1(C)CC(CCCCCO)CN1. The first-order valence-electron chi connectivity index (χ1n) is 5.50. The van der Waals surface area contributed by atoms with Crippen LogP contribution in [0, 0.1) is 5.92 Å². The fourth-order valence-corrected chi connectivity index (χ4v) is 2.21. The Morgan fingerprint density at radius 2 is 2.08 bits per heavy atom. The summed E-state index contributed by atoms with van der Waals surface area (Å²) < 4.78 is 0. The second-order valence-corrected chi connectivity index (χ2v) is 4.91. The Bertz CT molecular complexity index is 145. The van der Waals surface area contributed by atoms with Crippen LogP contribution in [0.4, 0.5) is 0 Å². The predicted octanol–water partition coefficient (Wildman–Crippen LogP) is 1.93. The molecule has 13 heavy (non-hydrogen) atoms. The molecule has 1 aliphatic rings. The van der Waals surface area contributed by atoms with Crippen molar-refractivity contribution >= 4 is 0 Å². The van der Waals surface area contributed by atoms with Crippen molar-refractivity contribution in [3.8, 4) is 0 Å². The molecule has 0 amide bonds. The largest absolute Gasteiger partial charge is 0.396 e. The van der Waals surface area contributed by atoms with Gasteiger partial charge in [0.15, 0.2) is 0 Å². The molecule has 0 aliphatic carbocycles. The molecule has 0 aromatic heterocycles. The Morgan fingerprint density at radius 1 is 1.31 bits per heavy atom. The molecule has 0 bridgehead atoms. The van der Waals surface area contributed by atoms with E-state index in [0.717, 1.165) is 12.3 Å². The molecule has 1 rings (SSSR count). The Kier molecular flexibility index (Phi) is 4.20. The van der Waals surface area contributed by atoms with Gasteiger partial charge < -0.3 is 10.4 Å². The van der Waals surface area contributed by atoms with E-state index in [9.17, 15) is 0 Å². The van der Waals surface area contributed by atoms with Crippen LogP contribution in [0.2, 0.25) is 0 Å². The van der Waals surface area contributed by atoms with Crippen molar-refractivity contribution in [3.05, 3.63) is 0 Å². The summed E-state index contributed by atoms with van der Waals surface area (Å²) in [5, 5.41) is 12.2. The second-order valence-electron chi connectivity index (χ2n) is 4.91. The van der Waals surface area contributed by atoms with Gasteiger partial charge in [0.2, 0.25) is 0 Å². The van der Waals surface area contributed by atoms with E-state index in [1.165, 1.54) is 32.2 Å². The van der Waals surface area contributed by atoms with Crippen LogP contribution in [0.3, 0.4) is 0 Å². The zero-order valence-electron chi connectivity index (χ0n) is 8.97. The Balaban J connectivity index is 2.04. The van der Waals surface area contributed by atoms with E-state index < -0.39 is 0 Å². The first-order valence-corrected chi connectivity index (χ1v) is 5.50. The molecular formula is C11H23NO. The van der Waals surface area contributed by atoms with Crippen molar-refractivity contribution in [2.75, 3.05) is 13.2 Å². The molecule has 78 valence electrons. The van der Waals surface area contributed by atoms with E-state index >= 15 is 0 Å². The van der Waals surface area contributed by atoms with Crippen LogP contribution in [-0.2, 0) is 0 Å². The van der Waals surface area contributed by atoms with Gasteiger partial charge in [0, 0.05) is 12.1 Å². The van der Waals surface area contributed by atoms with E-state index in [0.29, 0.717) is 12.1 Å². The molecule has 1 heterocycles. The number of rotatable bonds is 5. The third kappa shape index (κ3) is 4.10. The molecule has 2 nitrogen and oxygen atoms in total. The number of hydrogen-bond acceptors (Lipinski definition) is 2. The highest BCUT2D eigenvalue weighted by atomic mass is 16.2. The van der Waals surface area contributed by atoms with E-state index in [2.05, 4.69) is 19.2 Å². The van der Waals surface area contributed by atoms with Gasteiger partial charge in [0.25, 0.3) is 0 Å². The molecule has 1 saturated heterocycles. The lowest BCUT2D eigenvalue weighted by molar-refractivity contribution is 0.280. The zero-order chi connectivity index (χ0) is 9.73. The molecule has 1 aliphatic heterocycles. The van der Waals surface area contributed by atoms with Gasteiger partial charge in [-0.15, -0.1) is 0 Å². The van der Waals surface area contributed by atoms with Crippen molar-refractivity contribution in [2.45, 2.75) is 51.5 Å². The average Bonchev–Trinajstić information content (AvgIpc) is 2.40. The molecule has 2 N–H and O–H groups in total. The quantitative estimate of drug-likeness (QED) is 0.641. The van der Waals surface area contributed by atoms with Crippen molar-refractivity contribution in [1.82, 2.24) is 5.32 Å². The van der Waals surface area contributed by atoms with Crippen LogP contribution in [0.25, 0.3) is 0 Å². The van der Waals surface area contributed by atoms with Crippen molar-refractivity contribution < 1.29 is 5.11 Å². The summed E-state index contributed by atoms with van der Waals surface area (Å²) in [5.74, 6) is 0.869. The average molecular weight is 185 g/mol. The third-order valence-corrected chi connectivity index (χ3v) is 2.94. The van der Waals surface area contributed by atoms with E-state index in [1.54, 1.807) is 0 Å². The van der Waals surface area contributed by atoms with Gasteiger partial charge in [-0.05, 0) is 45.6 Å². The summed E-state index contributed by atoms with van der Waals surface area (Å²) in [5.41, 5.74) is 0.363. The Labute approximate surface area is 81.7 Å². The Morgan fingerprint density at radius 3 is 2.62 bits per heavy atom. The van der Waals surface area contributed by atoms with Crippen LogP contribution in [-0.4, -0.2) is 23.8 Å². The highest BCUT2D eigenvalue weighted by Gasteiger charge is 2.29. The third-order valence-electron chi connectivity index (χ3n) is 2.94. The number of aliphatic hydroxyl groups excluding tert-OH is 1. The van der Waals surface area contributed by atoms with E-state index in [4.69, 9.17) is 5.11 Å². The van der Waals surface area contributed by atoms with Gasteiger partial charge in [0.1, 0.15) is 0 Å². The molecule has 0 radical (unpaired) electrons. The lowest BCUT2D eigenvalue weighted by Crippen LogP contribution is -2.31. The van der Waals surface area contributed by atoms with Gasteiger partial charge >= 0.3 is 0 Å². The topological polar surface area (TPSA) is 32.3 Å². The molecule has 0 aromatic rings. The highest BCUT2D eigenvalue weighted by Crippen LogP contribution is 2.26. The first-order chi connectivity index (χ1) is 6.14. The molecule has 0 spiro atoms. The van der Waals surface area contributed by atoms with Gasteiger partial charge in [-0.2, -0.15) is 0 Å². The standard InChI is InChI=1S/C11H23NO/c1-11(2)8-10(9-12-11)6-4-3-5-7-13/h10,12-13H,3-9H2,1-2H3. The lowest BCUT2D eigenvalue weighted by Gasteiger charge is -2.17.